The molecule has 0 radical (unpaired) electrons. The molecule has 0 fully saturated rings. The lowest BCUT2D eigenvalue weighted by atomic mass is 10.3. The van der Waals surface area contributed by atoms with Gasteiger partial charge in [0.2, 0.25) is 5.71 Å². The van der Waals surface area contributed by atoms with Gasteiger partial charge >= 0.3 is 0 Å². The van der Waals surface area contributed by atoms with E-state index in [-0.39, 0.29) is 17.7 Å². The van der Waals surface area contributed by atoms with E-state index in [1.54, 1.807) is 18.2 Å². The van der Waals surface area contributed by atoms with Crippen molar-refractivity contribution in [1.82, 2.24) is 0 Å². The predicted octanol–water partition coefficient (Wildman–Crippen LogP) is 1.70. The minimum atomic E-state index is -0.382. The van der Waals surface area contributed by atoms with E-state index in [1.807, 2.05) is 26.0 Å². The number of nitrogens with one attached hydrogen (secondary N) is 2. The molecule has 0 bridgehead atoms. The van der Waals surface area contributed by atoms with Gasteiger partial charge in [0.15, 0.2) is 5.84 Å². The van der Waals surface area contributed by atoms with Crippen LogP contribution in [0.1, 0.15) is 13.8 Å². The Morgan fingerprint density at radius 1 is 1.50 bits per heavy atom. The number of nitriles is 1. The van der Waals surface area contributed by atoms with Crippen molar-refractivity contribution in [1.29, 1.82) is 10.7 Å². The predicted molar refractivity (Wildman–Crippen MR) is 70.8 cm³/mol. The van der Waals surface area contributed by atoms with Gasteiger partial charge in [-0.25, -0.2) is 0 Å². The highest BCUT2D eigenvalue weighted by Gasteiger charge is 2.05. The normalized spacial score (nSPS) is 10.9. The summed E-state index contributed by atoms with van der Waals surface area (Å²) >= 11 is 0. The monoisotopic (exact) mass is 245 g/mol. The van der Waals surface area contributed by atoms with E-state index in [2.05, 4.69) is 10.5 Å². The Morgan fingerprint density at radius 3 is 2.72 bits per heavy atom. The SMILES string of the molecule is CC(C)Oc1ccccc1N/N=C(\C#N)C(=N)N. The van der Waals surface area contributed by atoms with Gasteiger partial charge in [0, 0.05) is 0 Å². The van der Waals surface area contributed by atoms with Crippen LogP contribution < -0.4 is 15.9 Å². The standard InChI is InChI=1S/C12H15N5O/c1-8(2)18-11-6-4-3-5-9(11)16-17-10(7-13)12(14)15/h3-6,8,16H,1-2H3,(H3,14,15)/b17-10+. The molecule has 0 spiro atoms. The number of ether oxygens (including phenoxy) is 1. The van der Waals surface area contributed by atoms with Crippen LogP contribution in [-0.2, 0) is 0 Å². The second-order valence-electron chi connectivity index (χ2n) is 3.76. The lowest BCUT2D eigenvalue weighted by Gasteiger charge is -2.13. The third-order valence-corrected chi connectivity index (χ3v) is 1.90. The van der Waals surface area contributed by atoms with Crippen LogP contribution in [0.3, 0.4) is 0 Å². The number of para-hydroxylation sites is 2. The van der Waals surface area contributed by atoms with Gasteiger partial charge in [-0.05, 0) is 26.0 Å². The largest absolute Gasteiger partial charge is 0.489 e. The molecule has 0 heterocycles. The molecule has 0 atom stereocenters. The van der Waals surface area contributed by atoms with Gasteiger partial charge in [-0.2, -0.15) is 10.4 Å². The van der Waals surface area contributed by atoms with Crippen LogP contribution in [0.15, 0.2) is 29.4 Å². The smallest absolute Gasteiger partial charge is 0.201 e. The molecule has 0 aliphatic carbocycles. The number of anilines is 1. The van der Waals surface area contributed by atoms with Crippen molar-refractivity contribution in [3.8, 4) is 11.8 Å². The maximum absolute atomic E-state index is 8.72. The van der Waals surface area contributed by atoms with Gasteiger partial charge in [-0.1, -0.05) is 12.1 Å². The zero-order chi connectivity index (χ0) is 13.5. The Labute approximate surface area is 106 Å². The van der Waals surface area contributed by atoms with Crippen molar-refractivity contribution in [3.63, 3.8) is 0 Å². The Kier molecular flexibility index (Phi) is 4.69. The summed E-state index contributed by atoms with van der Waals surface area (Å²) in [6.45, 7) is 3.83. The van der Waals surface area contributed by atoms with E-state index in [4.69, 9.17) is 21.1 Å². The van der Waals surface area contributed by atoms with Gasteiger partial charge in [-0.15, -0.1) is 0 Å². The van der Waals surface area contributed by atoms with Crippen molar-refractivity contribution in [3.05, 3.63) is 24.3 Å². The van der Waals surface area contributed by atoms with Crippen LogP contribution in [0.4, 0.5) is 5.69 Å². The minimum Gasteiger partial charge on any atom is -0.489 e. The number of rotatable bonds is 5. The number of amidine groups is 1. The topological polar surface area (TPSA) is 107 Å². The fourth-order valence-electron chi connectivity index (χ4n) is 1.18. The van der Waals surface area contributed by atoms with Crippen LogP contribution >= 0.6 is 0 Å². The first-order valence-corrected chi connectivity index (χ1v) is 5.38. The van der Waals surface area contributed by atoms with E-state index >= 15 is 0 Å². The third-order valence-electron chi connectivity index (χ3n) is 1.90. The molecule has 0 aliphatic heterocycles. The average molecular weight is 245 g/mol. The lowest BCUT2D eigenvalue weighted by molar-refractivity contribution is 0.243. The molecule has 0 saturated heterocycles. The molecule has 94 valence electrons. The van der Waals surface area contributed by atoms with Gasteiger partial charge in [0.25, 0.3) is 0 Å². The summed E-state index contributed by atoms with van der Waals surface area (Å²) < 4.78 is 5.57. The lowest BCUT2D eigenvalue weighted by Crippen LogP contribution is -2.22. The summed E-state index contributed by atoms with van der Waals surface area (Å²) in [5.74, 6) is 0.240. The van der Waals surface area contributed by atoms with E-state index < -0.39 is 0 Å². The second kappa shape index (κ2) is 6.25. The molecule has 6 heteroatoms. The Morgan fingerprint density at radius 2 is 2.17 bits per heavy atom. The Hall–Kier alpha value is -2.55. The van der Waals surface area contributed by atoms with E-state index in [9.17, 15) is 0 Å². The molecule has 6 nitrogen and oxygen atoms in total. The fraction of sp³-hybridized carbons (Fsp3) is 0.250. The van der Waals surface area contributed by atoms with Crippen LogP contribution in [-0.4, -0.2) is 17.7 Å². The molecule has 0 unspecified atom stereocenters. The molecular formula is C12H15N5O. The maximum atomic E-state index is 8.72. The van der Waals surface area contributed by atoms with Crippen molar-refractivity contribution >= 4 is 17.2 Å². The summed E-state index contributed by atoms with van der Waals surface area (Å²) in [6, 6.07) is 8.93. The quantitative estimate of drug-likeness (QED) is 0.417. The van der Waals surface area contributed by atoms with Crippen molar-refractivity contribution in [2.24, 2.45) is 10.8 Å². The zero-order valence-corrected chi connectivity index (χ0v) is 10.3. The number of nitrogens with zero attached hydrogens (tertiary/aromatic N) is 2. The second-order valence-corrected chi connectivity index (χ2v) is 3.76. The molecule has 18 heavy (non-hydrogen) atoms. The number of nitrogens with two attached hydrogens (primary N) is 1. The Bertz CT molecular complexity index is 501. The molecular weight excluding hydrogens is 230 g/mol. The van der Waals surface area contributed by atoms with Crippen LogP contribution in [0.2, 0.25) is 0 Å². The van der Waals surface area contributed by atoms with E-state index in [0.717, 1.165) is 0 Å². The maximum Gasteiger partial charge on any atom is 0.201 e. The zero-order valence-electron chi connectivity index (χ0n) is 10.3. The summed E-state index contributed by atoms with van der Waals surface area (Å²) in [6.07, 6.45) is 0.0279. The number of benzene rings is 1. The first-order valence-electron chi connectivity index (χ1n) is 5.38. The average Bonchev–Trinajstić information content (AvgIpc) is 2.30. The van der Waals surface area contributed by atoms with Crippen molar-refractivity contribution in [2.75, 3.05) is 5.43 Å². The highest BCUT2D eigenvalue weighted by Crippen LogP contribution is 2.24. The van der Waals surface area contributed by atoms with Gasteiger partial charge in [0.1, 0.15) is 11.8 Å². The molecule has 4 N–H and O–H groups in total. The number of hydrogen-bond acceptors (Lipinski definition) is 5. The van der Waals surface area contributed by atoms with Crippen molar-refractivity contribution < 1.29 is 4.74 Å². The van der Waals surface area contributed by atoms with Gasteiger partial charge < -0.3 is 10.5 Å². The van der Waals surface area contributed by atoms with Crippen LogP contribution in [0, 0.1) is 16.7 Å². The first kappa shape index (κ1) is 13.5. The summed E-state index contributed by atoms with van der Waals surface area (Å²) in [4.78, 5) is 0. The molecule has 0 saturated carbocycles. The van der Waals surface area contributed by atoms with Gasteiger partial charge in [0.05, 0.1) is 11.8 Å². The van der Waals surface area contributed by atoms with E-state index in [1.165, 1.54) is 0 Å². The third kappa shape index (κ3) is 3.79. The van der Waals surface area contributed by atoms with Crippen molar-refractivity contribution in [2.45, 2.75) is 20.0 Å². The molecule has 1 aromatic rings. The Balaban J connectivity index is 2.91. The van der Waals surface area contributed by atoms with Crippen LogP contribution in [0.5, 0.6) is 5.75 Å². The number of hydrogen-bond donors (Lipinski definition) is 3. The first-order chi connectivity index (χ1) is 8.54. The molecule has 1 rings (SSSR count). The van der Waals surface area contributed by atoms with Gasteiger partial charge in [-0.3, -0.25) is 10.8 Å². The molecule has 0 aliphatic rings. The minimum absolute atomic E-state index is 0.0279. The molecule has 0 amide bonds. The fourth-order valence-corrected chi connectivity index (χ4v) is 1.18. The van der Waals surface area contributed by atoms with Crippen LogP contribution in [0.25, 0.3) is 0 Å². The summed E-state index contributed by atoms with van der Waals surface area (Å²) in [7, 11) is 0. The summed E-state index contributed by atoms with van der Waals surface area (Å²) in [5.41, 5.74) is 8.30. The highest BCUT2D eigenvalue weighted by molar-refractivity contribution is 6.45. The number of hydrazone groups is 1. The summed E-state index contributed by atoms with van der Waals surface area (Å²) in [5, 5.41) is 19.6. The molecule has 0 aromatic heterocycles. The highest BCUT2D eigenvalue weighted by atomic mass is 16.5. The molecule has 1 aromatic carbocycles. The van der Waals surface area contributed by atoms with E-state index in [0.29, 0.717) is 11.4 Å².